The van der Waals surface area contributed by atoms with E-state index in [2.05, 4.69) is 10.1 Å². The minimum atomic E-state index is -3.60. The number of amides is 1. The van der Waals surface area contributed by atoms with Gasteiger partial charge in [0.05, 0.1) is 15.6 Å². The zero-order valence-electron chi connectivity index (χ0n) is 18.1. The van der Waals surface area contributed by atoms with Gasteiger partial charge in [0.2, 0.25) is 10.0 Å². The molecule has 1 saturated heterocycles. The van der Waals surface area contributed by atoms with E-state index >= 15 is 0 Å². The topological polar surface area (TPSA) is 88.4 Å². The predicted octanol–water partition coefficient (Wildman–Crippen LogP) is 2.99. The van der Waals surface area contributed by atoms with Crippen LogP contribution < -0.4 is 0 Å². The summed E-state index contributed by atoms with van der Waals surface area (Å²) in [6, 6.07) is 12.0. The molecule has 1 aliphatic heterocycles. The molecule has 0 saturated carbocycles. The normalized spacial score (nSPS) is 15.2. The average molecular weight is 474 g/mol. The monoisotopic (exact) mass is 473 g/mol. The quantitative estimate of drug-likeness (QED) is 0.581. The maximum Gasteiger partial charge on any atom is 0.274 e. The lowest BCUT2D eigenvalue weighted by molar-refractivity contribution is 0.0692. The van der Waals surface area contributed by atoms with Gasteiger partial charge in [0.25, 0.3) is 5.91 Å². The van der Waals surface area contributed by atoms with E-state index in [0.717, 1.165) is 17.0 Å². The number of piperazine rings is 1. The molecule has 1 amide bonds. The maximum atomic E-state index is 13.1. The molecule has 3 aromatic rings. The van der Waals surface area contributed by atoms with Crippen molar-refractivity contribution in [3.63, 3.8) is 0 Å². The summed E-state index contributed by atoms with van der Waals surface area (Å²) >= 11 is 6.29. The first-order valence-electron chi connectivity index (χ1n) is 10.2. The Labute approximate surface area is 192 Å². The van der Waals surface area contributed by atoms with Crippen LogP contribution in [0, 0.1) is 20.8 Å². The van der Waals surface area contributed by atoms with Crippen LogP contribution in [0.15, 0.2) is 47.4 Å². The Kier molecular flexibility index (Phi) is 6.07. The highest BCUT2D eigenvalue weighted by molar-refractivity contribution is 7.89. The molecule has 168 valence electrons. The molecule has 0 atom stereocenters. The van der Waals surface area contributed by atoms with E-state index in [1.54, 1.807) is 46.0 Å². The van der Waals surface area contributed by atoms with Crippen LogP contribution in [0.5, 0.6) is 0 Å². The number of aromatic nitrogens is 3. The minimum Gasteiger partial charge on any atom is -0.335 e. The van der Waals surface area contributed by atoms with Crippen molar-refractivity contribution in [2.75, 3.05) is 26.2 Å². The van der Waals surface area contributed by atoms with Gasteiger partial charge in [-0.2, -0.15) is 9.40 Å². The van der Waals surface area contributed by atoms with Gasteiger partial charge in [-0.1, -0.05) is 29.3 Å². The third-order valence-electron chi connectivity index (χ3n) is 5.45. The van der Waals surface area contributed by atoms with Crippen molar-refractivity contribution in [1.82, 2.24) is 24.0 Å². The standard InChI is InChI=1S/C22H24ClN5O3S/c1-15-4-6-18(7-5-15)32(30,31)27-12-10-26(11-13-27)22(29)21-19(23)8-9-20(24-21)28-17(3)14-16(2)25-28/h4-9,14H,10-13H2,1-3H3. The Morgan fingerprint density at radius 3 is 2.22 bits per heavy atom. The predicted molar refractivity (Wildman–Crippen MR) is 122 cm³/mol. The molecular weight excluding hydrogens is 450 g/mol. The number of hydrogen-bond donors (Lipinski definition) is 0. The first kappa shape index (κ1) is 22.4. The Morgan fingerprint density at radius 2 is 1.62 bits per heavy atom. The molecule has 0 aliphatic carbocycles. The van der Waals surface area contributed by atoms with Crippen LogP contribution in [0.25, 0.3) is 5.82 Å². The number of sulfonamides is 1. The highest BCUT2D eigenvalue weighted by atomic mass is 35.5. The van der Waals surface area contributed by atoms with E-state index in [4.69, 9.17) is 11.6 Å². The van der Waals surface area contributed by atoms with Crippen molar-refractivity contribution in [2.45, 2.75) is 25.7 Å². The Morgan fingerprint density at radius 1 is 0.969 bits per heavy atom. The highest BCUT2D eigenvalue weighted by Crippen LogP contribution is 2.22. The fourth-order valence-corrected chi connectivity index (χ4v) is 5.31. The summed E-state index contributed by atoms with van der Waals surface area (Å²) in [5, 5.41) is 4.65. The van der Waals surface area contributed by atoms with E-state index in [9.17, 15) is 13.2 Å². The van der Waals surface area contributed by atoms with Crippen molar-refractivity contribution in [3.05, 3.63) is 70.1 Å². The average Bonchev–Trinajstić information content (AvgIpc) is 3.12. The number of nitrogens with zero attached hydrogens (tertiary/aromatic N) is 5. The maximum absolute atomic E-state index is 13.1. The molecule has 0 unspecified atom stereocenters. The van der Waals surface area contributed by atoms with Crippen LogP contribution in [0.3, 0.4) is 0 Å². The van der Waals surface area contributed by atoms with Gasteiger partial charge in [-0.25, -0.2) is 18.1 Å². The molecule has 3 heterocycles. The third kappa shape index (κ3) is 4.28. The molecule has 4 rings (SSSR count). The van der Waals surface area contributed by atoms with Crippen molar-refractivity contribution in [1.29, 1.82) is 0 Å². The lowest BCUT2D eigenvalue weighted by atomic mass is 10.2. The lowest BCUT2D eigenvalue weighted by Crippen LogP contribution is -2.50. The fraction of sp³-hybridized carbons (Fsp3) is 0.318. The Balaban J connectivity index is 1.51. The Bertz CT molecular complexity index is 1260. The van der Waals surface area contributed by atoms with Crippen LogP contribution in [0.4, 0.5) is 0 Å². The van der Waals surface area contributed by atoms with Crippen molar-refractivity contribution < 1.29 is 13.2 Å². The molecular formula is C22H24ClN5O3S. The highest BCUT2D eigenvalue weighted by Gasteiger charge is 2.31. The van der Waals surface area contributed by atoms with Crippen LogP contribution in [0.2, 0.25) is 5.02 Å². The molecule has 1 aromatic carbocycles. The van der Waals surface area contributed by atoms with Crippen molar-refractivity contribution in [3.8, 4) is 5.82 Å². The van der Waals surface area contributed by atoms with Gasteiger partial charge < -0.3 is 4.90 Å². The van der Waals surface area contributed by atoms with E-state index in [1.807, 2.05) is 26.8 Å². The van der Waals surface area contributed by atoms with Gasteiger partial charge >= 0.3 is 0 Å². The van der Waals surface area contributed by atoms with Gasteiger partial charge in [-0.15, -0.1) is 0 Å². The second-order valence-corrected chi connectivity index (χ2v) is 10.2. The summed E-state index contributed by atoms with van der Waals surface area (Å²) in [5.41, 5.74) is 2.86. The van der Waals surface area contributed by atoms with Crippen molar-refractivity contribution >= 4 is 27.5 Å². The van der Waals surface area contributed by atoms with Crippen molar-refractivity contribution in [2.24, 2.45) is 0 Å². The molecule has 2 aromatic heterocycles. The zero-order chi connectivity index (χ0) is 23.0. The smallest absolute Gasteiger partial charge is 0.274 e. The molecule has 0 spiro atoms. The van der Waals surface area contributed by atoms with Gasteiger partial charge in [0.1, 0.15) is 5.69 Å². The molecule has 0 radical (unpaired) electrons. The Hall–Kier alpha value is -2.75. The van der Waals surface area contributed by atoms with Crippen LogP contribution in [-0.4, -0.2) is 64.5 Å². The minimum absolute atomic E-state index is 0.131. The molecule has 0 bridgehead atoms. The summed E-state index contributed by atoms with van der Waals surface area (Å²) in [5.74, 6) is 0.176. The summed E-state index contributed by atoms with van der Waals surface area (Å²) in [7, 11) is -3.60. The largest absolute Gasteiger partial charge is 0.335 e. The van der Waals surface area contributed by atoms with Gasteiger partial charge in [-0.05, 0) is 51.1 Å². The second kappa shape index (κ2) is 8.65. The summed E-state index contributed by atoms with van der Waals surface area (Å²) in [4.78, 5) is 19.4. The molecule has 0 N–H and O–H groups in total. The van der Waals surface area contributed by atoms with Gasteiger partial charge in [-0.3, -0.25) is 4.79 Å². The number of carbonyl (C=O) groups excluding carboxylic acids is 1. The van der Waals surface area contributed by atoms with Gasteiger partial charge in [0.15, 0.2) is 5.82 Å². The molecule has 10 heteroatoms. The number of hydrogen-bond acceptors (Lipinski definition) is 5. The zero-order valence-corrected chi connectivity index (χ0v) is 19.7. The van der Waals surface area contributed by atoms with E-state index in [-0.39, 0.29) is 47.7 Å². The number of pyridine rings is 1. The molecule has 8 nitrogen and oxygen atoms in total. The van der Waals surface area contributed by atoms with Crippen LogP contribution in [0.1, 0.15) is 27.4 Å². The number of benzene rings is 1. The van der Waals surface area contributed by atoms with E-state index in [0.29, 0.717) is 5.82 Å². The van der Waals surface area contributed by atoms with Gasteiger partial charge in [0, 0.05) is 31.9 Å². The summed E-state index contributed by atoms with van der Waals surface area (Å²) < 4.78 is 28.9. The number of rotatable bonds is 4. The second-order valence-electron chi connectivity index (χ2n) is 7.85. The lowest BCUT2D eigenvalue weighted by Gasteiger charge is -2.34. The molecule has 1 fully saturated rings. The van der Waals surface area contributed by atoms with E-state index < -0.39 is 10.0 Å². The SMILES string of the molecule is Cc1ccc(S(=O)(=O)N2CCN(C(=O)c3nc(-n4nc(C)cc4C)ccc3Cl)CC2)cc1. The summed E-state index contributed by atoms with van der Waals surface area (Å²) in [6.07, 6.45) is 0. The third-order valence-corrected chi connectivity index (χ3v) is 7.66. The fourth-order valence-electron chi connectivity index (χ4n) is 3.70. The van der Waals surface area contributed by atoms with Crippen LogP contribution in [-0.2, 0) is 10.0 Å². The summed E-state index contributed by atoms with van der Waals surface area (Å²) in [6.45, 7) is 6.62. The first-order chi connectivity index (χ1) is 15.2. The first-order valence-corrected chi connectivity index (χ1v) is 12.0. The molecule has 32 heavy (non-hydrogen) atoms. The number of halogens is 1. The number of carbonyl (C=O) groups is 1. The number of aryl methyl sites for hydroxylation is 3. The molecule has 1 aliphatic rings. The van der Waals surface area contributed by atoms with Crippen LogP contribution >= 0.6 is 11.6 Å². The van der Waals surface area contributed by atoms with E-state index in [1.165, 1.54) is 4.31 Å².